The van der Waals surface area contributed by atoms with E-state index in [1.54, 1.807) is 23.0 Å². The van der Waals surface area contributed by atoms with Crippen molar-refractivity contribution in [2.24, 2.45) is 0 Å². The van der Waals surface area contributed by atoms with Gasteiger partial charge in [-0.25, -0.2) is 9.07 Å². The molecule has 1 amide bonds. The van der Waals surface area contributed by atoms with Crippen LogP contribution in [0.3, 0.4) is 0 Å². The summed E-state index contributed by atoms with van der Waals surface area (Å²) in [5.74, 6) is -0.424. The van der Waals surface area contributed by atoms with Gasteiger partial charge in [0.1, 0.15) is 5.82 Å². The fourth-order valence-electron chi connectivity index (χ4n) is 2.54. The fraction of sp³-hybridized carbons (Fsp3) is 0.158. The second-order valence-corrected chi connectivity index (χ2v) is 6.58. The number of carbonyl (C=O) groups is 1. The van der Waals surface area contributed by atoms with Gasteiger partial charge in [0.25, 0.3) is 5.91 Å². The normalized spacial score (nSPS) is 10.7. The van der Waals surface area contributed by atoms with Gasteiger partial charge in [0, 0.05) is 11.0 Å². The molecule has 0 radical (unpaired) electrons. The Balaban J connectivity index is 1.64. The smallest absolute Gasteiger partial charge is 0.254 e. The summed E-state index contributed by atoms with van der Waals surface area (Å²) in [6.07, 6.45) is 2.22. The van der Waals surface area contributed by atoms with Crippen molar-refractivity contribution in [2.75, 3.05) is 6.54 Å². The number of carbonyl (C=O) groups excluding carboxylic acids is 1. The number of rotatable bonds is 5. The molecule has 2 aromatic carbocycles. The number of nitrogens with zero attached hydrogens (tertiary/aromatic N) is 2. The Bertz CT molecular complexity index is 873. The number of hydrogen-bond acceptors (Lipinski definition) is 2. The van der Waals surface area contributed by atoms with E-state index in [0.717, 1.165) is 21.4 Å². The largest absolute Gasteiger partial charge is 0.352 e. The van der Waals surface area contributed by atoms with Crippen LogP contribution in [-0.2, 0) is 6.42 Å². The van der Waals surface area contributed by atoms with E-state index in [9.17, 15) is 9.18 Å². The molecule has 0 saturated carbocycles. The van der Waals surface area contributed by atoms with Crippen molar-refractivity contribution in [3.05, 3.63) is 81.8 Å². The molecule has 128 valence electrons. The van der Waals surface area contributed by atoms with Gasteiger partial charge in [-0.3, -0.25) is 4.79 Å². The molecule has 0 bridgehead atoms. The Labute approximate surface area is 153 Å². The van der Waals surface area contributed by atoms with Gasteiger partial charge in [0.05, 0.1) is 23.1 Å². The molecule has 0 aliphatic carbocycles. The van der Waals surface area contributed by atoms with Crippen LogP contribution in [0.2, 0.25) is 0 Å². The molecular formula is C19H17BrFN3O. The first-order valence-corrected chi connectivity index (χ1v) is 8.67. The number of aromatic nitrogens is 2. The third kappa shape index (κ3) is 4.14. The van der Waals surface area contributed by atoms with Gasteiger partial charge in [-0.1, -0.05) is 28.1 Å². The van der Waals surface area contributed by atoms with Gasteiger partial charge in [0.2, 0.25) is 0 Å². The monoisotopic (exact) mass is 401 g/mol. The molecule has 0 saturated heterocycles. The van der Waals surface area contributed by atoms with Crippen LogP contribution in [0.15, 0.2) is 59.2 Å². The lowest BCUT2D eigenvalue weighted by Crippen LogP contribution is -2.26. The van der Waals surface area contributed by atoms with Gasteiger partial charge in [0.15, 0.2) is 0 Å². The third-order valence-electron chi connectivity index (χ3n) is 3.94. The Kier molecular flexibility index (Phi) is 5.28. The van der Waals surface area contributed by atoms with Crippen LogP contribution in [0.4, 0.5) is 4.39 Å². The summed E-state index contributed by atoms with van der Waals surface area (Å²) < 4.78 is 15.6. The predicted octanol–water partition coefficient (Wildman–Crippen LogP) is 4.05. The van der Waals surface area contributed by atoms with E-state index in [2.05, 4.69) is 26.3 Å². The van der Waals surface area contributed by atoms with Crippen molar-refractivity contribution in [3.8, 4) is 5.69 Å². The standard InChI is InChI=1S/C19H17BrFN3O/c1-13-18(12-23-24(13)17-8-4-15(20)5-9-17)19(25)22-11-10-14-2-6-16(21)7-3-14/h2-9,12H,10-11H2,1H3,(H,22,25). The maximum absolute atomic E-state index is 12.9. The second kappa shape index (κ2) is 7.61. The molecule has 0 unspecified atom stereocenters. The van der Waals surface area contributed by atoms with Crippen LogP contribution >= 0.6 is 15.9 Å². The molecule has 0 fully saturated rings. The third-order valence-corrected chi connectivity index (χ3v) is 4.47. The van der Waals surface area contributed by atoms with Crippen molar-refractivity contribution in [1.82, 2.24) is 15.1 Å². The molecule has 1 aromatic heterocycles. The van der Waals surface area contributed by atoms with Gasteiger partial charge >= 0.3 is 0 Å². The van der Waals surface area contributed by atoms with Crippen LogP contribution in [0.25, 0.3) is 5.69 Å². The summed E-state index contributed by atoms with van der Waals surface area (Å²) in [5, 5.41) is 7.19. The Morgan fingerprint density at radius 2 is 1.84 bits per heavy atom. The molecule has 6 heteroatoms. The van der Waals surface area contributed by atoms with E-state index in [-0.39, 0.29) is 11.7 Å². The first-order chi connectivity index (χ1) is 12.0. The summed E-state index contributed by atoms with van der Waals surface area (Å²) in [6.45, 7) is 2.34. The van der Waals surface area contributed by atoms with Gasteiger partial charge in [-0.2, -0.15) is 5.10 Å². The number of amides is 1. The fourth-order valence-corrected chi connectivity index (χ4v) is 2.81. The van der Waals surface area contributed by atoms with E-state index in [1.165, 1.54) is 12.1 Å². The lowest BCUT2D eigenvalue weighted by Gasteiger charge is -2.07. The first-order valence-electron chi connectivity index (χ1n) is 7.88. The average molecular weight is 402 g/mol. The lowest BCUT2D eigenvalue weighted by atomic mass is 10.1. The molecule has 4 nitrogen and oxygen atoms in total. The summed E-state index contributed by atoms with van der Waals surface area (Å²) in [6, 6.07) is 14.0. The molecule has 1 heterocycles. The highest BCUT2D eigenvalue weighted by Crippen LogP contribution is 2.17. The predicted molar refractivity (Wildman–Crippen MR) is 98.4 cm³/mol. The Morgan fingerprint density at radius 1 is 1.16 bits per heavy atom. The first kappa shape index (κ1) is 17.4. The topological polar surface area (TPSA) is 46.9 Å². The van der Waals surface area contributed by atoms with E-state index >= 15 is 0 Å². The van der Waals surface area contributed by atoms with Crippen molar-refractivity contribution < 1.29 is 9.18 Å². The minimum atomic E-state index is -0.260. The molecule has 1 N–H and O–H groups in total. The molecule has 0 aliphatic heterocycles. The molecule has 0 atom stereocenters. The van der Waals surface area contributed by atoms with Gasteiger partial charge in [-0.15, -0.1) is 0 Å². The number of halogens is 2. The van der Waals surface area contributed by atoms with Crippen LogP contribution in [0.5, 0.6) is 0 Å². The average Bonchev–Trinajstić information content (AvgIpc) is 2.99. The van der Waals surface area contributed by atoms with Crippen molar-refractivity contribution >= 4 is 21.8 Å². The highest BCUT2D eigenvalue weighted by atomic mass is 79.9. The van der Waals surface area contributed by atoms with Crippen molar-refractivity contribution in [1.29, 1.82) is 0 Å². The van der Waals surface area contributed by atoms with E-state index in [1.807, 2.05) is 31.2 Å². The molecule has 25 heavy (non-hydrogen) atoms. The zero-order valence-electron chi connectivity index (χ0n) is 13.7. The summed E-state index contributed by atoms with van der Waals surface area (Å²) in [5.41, 5.74) is 3.19. The second-order valence-electron chi connectivity index (χ2n) is 5.66. The summed E-state index contributed by atoms with van der Waals surface area (Å²) >= 11 is 3.40. The quantitative estimate of drug-likeness (QED) is 0.700. The molecular weight excluding hydrogens is 385 g/mol. The highest BCUT2D eigenvalue weighted by molar-refractivity contribution is 9.10. The number of benzene rings is 2. The molecule has 0 spiro atoms. The van der Waals surface area contributed by atoms with Gasteiger partial charge < -0.3 is 5.32 Å². The van der Waals surface area contributed by atoms with E-state index in [0.29, 0.717) is 18.5 Å². The maximum atomic E-state index is 12.9. The van der Waals surface area contributed by atoms with Crippen LogP contribution in [0, 0.1) is 12.7 Å². The number of nitrogens with one attached hydrogen (secondary N) is 1. The van der Waals surface area contributed by atoms with E-state index in [4.69, 9.17) is 0 Å². The Morgan fingerprint density at radius 3 is 2.52 bits per heavy atom. The minimum absolute atomic E-state index is 0.164. The van der Waals surface area contributed by atoms with Crippen LogP contribution < -0.4 is 5.32 Å². The van der Waals surface area contributed by atoms with Crippen molar-refractivity contribution in [3.63, 3.8) is 0 Å². The highest BCUT2D eigenvalue weighted by Gasteiger charge is 2.14. The summed E-state index contributed by atoms with van der Waals surface area (Å²) in [7, 11) is 0. The zero-order chi connectivity index (χ0) is 17.8. The number of hydrogen-bond donors (Lipinski definition) is 1. The molecule has 3 aromatic rings. The SMILES string of the molecule is Cc1c(C(=O)NCCc2ccc(F)cc2)cnn1-c1ccc(Br)cc1. The minimum Gasteiger partial charge on any atom is -0.352 e. The lowest BCUT2D eigenvalue weighted by molar-refractivity contribution is 0.0953. The zero-order valence-corrected chi connectivity index (χ0v) is 15.3. The van der Waals surface area contributed by atoms with Crippen molar-refractivity contribution in [2.45, 2.75) is 13.3 Å². The Hall–Kier alpha value is -2.47. The van der Waals surface area contributed by atoms with Crippen LogP contribution in [0.1, 0.15) is 21.6 Å². The van der Waals surface area contributed by atoms with Gasteiger partial charge in [-0.05, 0) is 55.3 Å². The maximum Gasteiger partial charge on any atom is 0.254 e. The van der Waals surface area contributed by atoms with Crippen LogP contribution in [-0.4, -0.2) is 22.2 Å². The molecule has 0 aliphatic rings. The summed E-state index contributed by atoms with van der Waals surface area (Å²) in [4.78, 5) is 12.4. The molecule has 3 rings (SSSR count). The van der Waals surface area contributed by atoms with E-state index < -0.39 is 0 Å².